The Hall–Kier alpha value is -2.62. The number of fused-ring (bicyclic) bond motifs is 2. The van der Waals surface area contributed by atoms with E-state index in [0.29, 0.717) is 11.3 Å². The van der Waals surface area contributed by atoms with E-state index in [9.17, 15) is 9.59 Å². The second-order valence-electron chi connectivity index (χ2n) is 4.37. The minimum atomic E-state index is -0.932. The Labute approximate surface area is 108 Å². The zero-order valence-corrected chi connectivity index (χ0v) is 10.0. The lowest BCUT2D eigenvalue weighted by Gasteiger charge is -2.17. The van der Waals surface area contributed by atoms with Crippen molar-refractivity contribution in [1.29, 1.82) is 0 Å². The summed E-state index contributed by atoms with van der Waals surface area (Å²) in [6.45, 7) is -0.165. The normalized spacial score (nSPS) is 10.9. The largest absolute Gasteiger partial charge is 0.480 e. The van der Waals surface area contributed by atoms with Crippen molar-refractivity contribution in [2.24, 2.45) is 0 Å². The van der Waals surface area contributed by atoms with Gasteiger partial charge in [0.05, 0.1) is 5.69 Å². The fourth-order valence-electron chi connectivity index (χ4n) is 2.36. The Morgan fingerprint density at radius 3 is 2.68 bits per heavy atom. The van der Waals surface area contributed by atoms with Crippen molar-refractivity contribution in [3.05, 3.63) is 58.8 Å². The van der Waals surface area contributed by atoms with Gasteiger partial charge in [0.25, 0.3) is 0 Å². The van der Waals surface area contributed by atoms with Gasteiger partial charge in [0, 0.05) is 11.1 Å². The first kappa shape index (κ1) is 11.5. The summed E-state index contributed by atoms with van der Waals surface area (Å²) in [5.41, 5.74) is 1.90. The van der Waals surface area contributed by atoms with E-state index < -0.39 is 5.97 Å². The maximum Gasteiger partial charge on any atom is 0.323 e. The quantitative estimate of drug-likeness (QED) is 0.712. The summed E-state index contributed by atoms with van der Waals surface area (Å²) in [6, 6.07) is 14.2. The van der Waals surface area contributed by atoms with Gasteiger partial charge in [-0.25, -0.2) is 0 Å². The van der Waals surface area contributed by atoms with Gasteiger partial charge in [-0.2, -0.15) is 0 Å². The molecule has 0 fully saturated rings. The number of carboxylic acid groups (broad SMARTS) is 1. The van der Waals surface area contributed by atoms with Crippen molar-refractivity contribution in [3.8, 4) is 11.3 Å². The van der Waals surface area contributed by atoms with Crippen LogP contribution in [0.15, 0.2) is 53.3 Å². The van der Waals surface area contributed by atoms with Crippen LogP contribution in [-0.2, 0) is 11.3 Å². The molecule has 2 aliphatic rings. The lowest BCUT2D eigenvalue weighted by molar-refractivity contribution is -0.137. The van der Waals surface area contributed by atoms with Crippen LogP contribution in [0.4, 0.5) is 0 Å². The highest BCUT2D eigenvalue weighted by Gasteiger charge is 2.14. The van der Waals surface area contributed by atoms with Gasteiger partial charge in [-0.05, 0) is 29.7 Å². The summed E-state index contributed by atoms with van der Waals surface area (Å²) < 4.78 is 1.66. The molecule has 0 amide bonds. The molecular weight excluding hydrogens is 242 g/mol. The smallest absolute Gasteiger partial charge is 0.323 e. The summed E-state index contributed by atoms with van der Waals surface area (Å²) in [4.78, 5) is 22.9. The molecule has 1 N–H and O–H groups in total. The van der Waals surface area contributed by atoms with Crippen molar-refractivity contribution in [3.63, 3.8) is 0 Å². The standard InChI is InChI=1S/C15H11NO3/c17-14-7-3-6-13-11(14)8-10-4-1-2-5-12(10)16(13)9-15(18)19/h1-8H,9H2,(H,18,19). The van der Waals surface area contributed by atoms with Crippen LogP contribution in [0, 0.1) is 0 Å². The van der Waals surface area contributed by atoms with E-state index in [4.69, 9.17) is 5.11 Å². The van der Waals surface area contributed by atoms with Crippen LogP contribution >= 0.6 is 0 Å². The average molecular weight is 253 g/mol. The Morgan fingerprint density at radius 2 is 1.89 bits per heavy atom. The molecule has 1 aliphatic carbocycles. The van der Waals surface area contributed by atoms with Crippen LogP contribution in [0.2, 0.25) is 0 Å². The zero-order valence-electron chi connectivity index (χ0n) is 10.0. The van der Waals surface area contributed by atoms with Gasteiger partial charge in [-0.1, -0.05) is 24.3 Å². The lowest BCUT2D eigenvalue weighted by atomic mass is 10.0. The van der Waals surface area contributed by atoms with Gasteiger partial charge in [0.15, 0.2) is 5.43 Å². The van der Waals surface area contributed by atoms with Gasteiger partial charge >= 0.3 is 5.97 Å². The number of pyridine rings is 1. The predicted octanol–water partition coefficient (Wildman–Crippen LogP) is 2.19. The molecule has 1 aromatic rings. The second-order valence-corrected chi connectivity index (χ2v) is 4.37. The molecule has 0 aromatic heterocycles. The molecular formula is C15H11NO3. The average Bonchev–Trinajstić information content (AvgIpc) is 2.39. The molecule has 0 atom stereocenters. The van der Waals surface area contributed by atoms with E-state index in [2.05, 4.69) is 0 Å². The molecule has 0 spiro atoms. The molecule has 0 bridgehead atoms. The van der Waals surface area contributed by atoms with Crippen molar-refractivity contribution in [2.45, 2.75) is 6.54 Å². The Balaban J connectivity index is 2.48. The molecule has 4 nitrogen and oxygen atoms in total. The van der Waals surface area contributed by atoms with Crippen LogP contribution in [0.1, 0.15) is 0 Å². The number of rotatable bonds is 2. The molecule has 0 saturated carbocycles. The number of aromatic nitrogens is 1. The SMILES string of the molecule is O=C(O)Cn1c2cccc(=O)c-2cc2ccccc21. The van der Waals surface area contributed by atoms with Crippen LogP contribution in [0.25, 0.3) is 22.2 Å². The van der Waals surface area contributed by atoms with Gasteiger partial charge in [0.1, 0.15) is 6.54 Å². The van der Waals surface area contributed by atoms with Gasteiger partial charge in [-0.3, -0.25) is 9.59 Å². The van der Waals surface area contributed by atoms with Gasteiger partial charge < -0.3 is 9.67 Å². The highest BCUT2D eigenvalue weighted by molar-refractivity contribution is 5.87. The van der Waals surface area contributed by atoms with E-state index in [0.717, 1.165) is 10.9 Å². The Morgan fingerprint density at radius 1 is 1.11 bits per heavy atom. The predicted molar refractivity (Wildman–Crippen MR) is 72.5 cm³/mol. The van der Waals surface area contributed by atoms with Crippen LogP contribution < -0.4 is 5.43 Å². The van der Waals surface area contributed by atoms with Gasteiger partial charge in [0.2, 0.25) is 0 Å². The van der Waals surface area contributed by atoms with E-state index in [1.807, 2.05) is 30.3 Å². The highest BCUT2D eigenvalue weighted by Crippen LogP contribution is 2.25. The summed E-state index contributed by atoms with van der Waals surface area (Å²) in [5.74, 6) is -0.932. The number of carboxylic acids is 1. The van der Waals surface area contributed by atoms with E-state index >= 15 is 0 Å². The number of hydrogen-bond acceptors (Lipinski definition) is 2. The van der Waals surface area contributed by atoms with Crippen LogP contribution in [0.3, 0.4) is 0 Å². The van der Waals surface area contributed by atoms with Crippen LogP contribution in [-0.4, -0.2) is 15.6 Å². The number of para-hydroxylation sites is 1. The Kier molecular flexibility index (Phi) is 2.56. The number of carbonyl (C=O) groups is 1. The van der Waals surface area contributed by atoms with Crippen molar-refractivity contribution >= 4 is 16.9 Å². The molecule has 0 saturated heterocycles. The topological polar surface area (TPSA) is 59.3 Å². The second kappa shape index (κ2) is 4.24. The Bertz CT molecular complexity index is 804. The molecule has 3 rings (SSSR count). The third kappa shape index (κ3) is 1.87. The molecule has 1 aromatic carbocycles. The van der Waals surface area contributed by atoms with Crippen molar-refractivity contribution in [1.82, 2.24) is 4.57 Å². The fourth-order valence-corrected chi connectivity index (χ4v) is 2.36. The highest BCUT2D eigenvalue weighted by atomic mass is 16.4. The fraction of sp³-hybridized carbons (Fsp3) is 0.0667. The summed E-state index contributed by atoms with van der Waals surface area (Å²) in [6.07, 6.45) is 0. The monoisotopic (exact) mass is 253 g/mol. The van der Waals surface area contributed by atoms with E-state index in [1.54, 1.807) is 16.7 Å². The van der Waals surface area contributed by atoms with Crippen LogP contribution in [0.5, 0.6) is 0 Å². The molecule has 94 valence electrons. The maximum atomic E-state index is 11.9. The van der Waals surface area contributed by atoms with Gasteiger partial charge in [-0.15, -0.1) is 0 Å². The lowest BCUT2D eigenvalue weighted by Crippen LogP contribution is -2.16. The summed E-state index contributed by atoms with van der Waals surface area (Å²) >= 11 is 0. The summed E-state index contributed by atoms with van der Waals surface area (Å²) in [7, 11) is 0. The molecule has 1 heterocycles. The minimum absolute atomic E-state index is 0.0950. The molecule has 19 heavy (non-hydrogen) atoms. The number of nitrogens with zero attached hydrogens (tertiary/aromatic N) is 1. The van der Waals surface area contributed by atoms with E-state index in [1.165, 1.54) is 6.07 Å². The zero-order chi connectivity index (χ0) is 13.4. The third-order valence-electron chi connectivity index (χ3n) is 3.15. The van der Waals surface area contributed by atoms with E-state index in [-0.39, 0.29) is 12.0 Å². The number of hydrogen-bond donors (Lipinski definition) is 1. The molecule has 0 unspecified atom stereocenters. The maximum absolute atomic E-state index is 11.9. The third-order valence-corrected chi connectivity index (χ3v) is 3.15. The first-order valence-electron chi connectivity index (χ1n) is 5.90. The molecule has 1 aliphatic heterocycles. The van der Waals surface area contributed by atoms with Crippen molar-refractivity contribution < 1.29 is 9.90 Å². The number of benzene rings is 2. The first-order valence-corrected chi connectivity index (χ1v) is 5.90. The van der Waals surface area contributed by atoms with Crippen molar-refractivity contribution in [2.75, 3.05) is 0 Å². The first-order chi connectivity index (χ1) is 9.16. The summed E-state index contributed by atoms with van der Waals surface area (Å²) in [5, 5.41) is 9.92. The number of aliphatic carboxylic acids is 1. The molecule has 4 heteroatoms. The minimum Gasteiger partial charge on any atom is -0.480 e. The molecule has 0 radical (unpaired) electrons.